The molecule has 0 aliphatic heterocycles. The summed E-state index contributed by atoms with van der Waals surface area (Å²) in [4.78, 5) is 12.2. The van der Waals surface area contributed by atoms with Crippen molar-refractivity contribution in [1.29, 1.82) is 0 Å². The van der Waals surface area contributed by atoms with Crippen molar-refractivity contribution in [3.05, 3.63) is 56.5 Å². The molecule has 0 aliphatic carbocycles. The first-order valence-corrected chi connectivity index (χ1v) is 8.41. The minimum Gasteiger partial charge on any atom is -0.494 e. The first kappa shape index (κ1) is 18.8. The van der Waals surface area contributed by atoms with Crippen molar-refractivity contribution in [2.45, 2.75) is 13.1 Å². The van der Waals surface area contributed by atoms with Gasteiger partial charge in [-0.25, -0.2) is 0 Å². The minimum atomic E-state index is -4.53. The third kappa shape index (κ3) is 4.51. The van der Waals surface area contributed by atoms with Crippen LogP contribution in [0.1, 0.15) is 22.8 Å². The number of carbonyl (C=O) groups is 1. The van der Waals surface area contributed by atoms with Crippen LogP contribution < -0.4 is 10.1 Å². The zero-order valence-electron chi connectivity index (χ0n) is 12.4. The molecule has 0 fully saturated rings. The molecule has 0 spiro atoms. The lowest BCUT2D eigenvalue weighted by Crippen LogP contribution is -2.14. The first-order chi connectivity index (χ1) is 11.2. The minimum absolute atomic E-state index is 0.0319. The molecule has 3 nitrogen and oxygen atoms in total. The van der Waals surface area contributed by atoms with Crippen molar-refractivity contribution in [1.82, 2.24) is 0 Å². The van der Waals surface area contributed by atoms with Gasteiger partial charge in [-0.2, -0.15) is 13.2 Å². The highest BCUT2D eigenvalue weighted by molar-refractivity contribution is 9.11. The van der Waals surface area contributed by atoms with Gasteiger partial charge in [-0.05, 0) is 59.3 Å². The standard InChI is InChI=1S/C16H12Br2F3NO2/c1-2-24-10-5-3-9(4-6-10)15(23)22-14-7-11(16(19,20)21)12(17)8-13(14)18/h3-8H,2H2,1H3,(H,22,23). The summed E-state index contributed by atoms with van der Waals surface area (Å²) in [5, 5.41) is 2.47. The Morgan fingerprint density at radius 2 is 1.75 bits per heavy atom. The van der Waals surface area contributed by atoms with E-state index < -0.39 is 17.6 Å². The normalized spacial score (nSPS) is 11.2. The molecule has 1 amide bonds. The van der Waals surface area contributed by atoms with Crippen LogP contribution in [-0.4, -0.2) is 12.5 Å². The van der Waals surface area contributed by atoms with E-state index in [0.717, 1.165) is 6.07 Å². The summed E-state index contributed by atoms with van der Waals surface area (Å²) in [5.74, 6) is 0.0902. The Morgan fingerprint density at radius 1 is 1.12 bits per heavy atom. The van der Waals surface area contributed by atoms with Crippen LogP contribution in [0.3, 0.4) is 0 Å². The third-order valence-corrected chi connectivity index (χ3v) is 4.35. The van der Waals surface area contributed by atoms with Crippen LogP contribution in [0.5, 0.6) is 5.75 Å². The maximum atomic E-state index is 13.0. The van der Waals surface area contributed by atoms with E-state index in [1.54, 1.807) is 12.1 Å². The highest BCUT2D eigenvalue weighted by atomic mass is 79.9. The van der Waals surface area contributed by atoms with E-state index in [0.29, 0.717) is 22.4 Å². The molecule has 2 aromatic carbocycles. The van der Waals surface area contributed by atoms with E-state index >= 15 is 0 Å². The average Bonchev–Trinajstić information content (AvgIpc) is 2.49. The lowest BCUT2D eigenvalue weighted by Gasteiger charge is -2.14. The Kier molecular flexibility index (Phi) is 5.92. The summed E-state index contributed by atoms with van der Waals surface area (Å²) in [6.45, 7) is 2.33. The van der Waals surface area contributed by atoms with E-state index in [-0.39, 0.29) is 10.2 Å². The summed E-state index contributed by atoms with van der Waals surface area (Å²) < 4.78 is 44.4. The van der Waals surface area contributed by atoms with Crippen LogP contribution >= 0.6 is 31.9 Å². The van der Waals surface area contributed by atoms with Crippen LogP contribution in [0.2, 0.25) is 0 Å². The SMILES string of the molecule is CCOc1ccc(C(=O)Nc2cc(C(F)(F)F)c(Br)cc2Br)cc1. The molecule has 2 aromatic rings. The van der Waals surface area contributed by atoms with Gasteiger partial charge in [0.25, 0.3) is 5.91 Å². The molecule has 0 aromatic heterocycles. The number of halogens is 5. The van der Waals surface area contributed by atoms with Gasteiger partial charge >= 0.3 is 6.18 Å². The number of amides is 1. The van der Waals surface area contributed by atoms with Gasteiger partial charge < -0.3 is 10.1 Å². The highest BCUT2D eigenvalue weighted by Gasteiger charge is 2.34. The molecule has 2 rings (SSSR count). The van der Waals surface area contributed by atoms with E-state index in [2.05, 4.69) is 37.2 Å². The predicted molar refractivity (Wildman–Crippen MR) is 92.4 cm³/mol. The summed E-state index contributed by atoms with van der Waals surface area (Å²) in [6.07, 6.45) is -4.53. The van der Waals surface area contributed by atoms with Crippen LogP contribution in [0.25, 0.3) is 0 Å². The quantitative estimate of drug-likeness (QED) is 0.610. The Balaban J connectivity index is 2.25. The highest BCUT2D eigenvalue weighted by Crippen LogP contribution is 2.39. The second kappa shape index (κ2) is 7.57. The Morgan fingerprint density at radius 3 is 2.29 bits per heavy atom. The van der Waals surface area contributed by atoms with Gasteiger partial charge in [-0.1, -0.05) is 15.9 Å². The van der Waals surface area contributed by atoms with Crippen LogP contribution in [-0.2, 0) is 6.18 Å². The molecule has 0 atom stereocenters. The molecule has 0 saturated heterocycles. The Labute approximate surface area is 153 Å². The number of benzene rings is 2. The largest absolute Gasteiger partial charge is 0.494 e. The fraction of sp³-hybridized carbons (Fsp3) is 0.188. The first-order valence-electron chi connectivity index (χ1n) is 6.83. The monoisotopic (exact) mass is 465 g/mol. The van der Waals surface area contributed by atoms with E-state index in [1.165, 1.54) is 18.2 Å². The number of ether oxygens (including phenoxy) is 1. The second-order valence-electron chi connectivity index (χ2n) is 4.72. The summed E-state index contributed by atoms with van der Waals surface area (Å²) >= 11 is 6.02. The molecule has 0 saturated carbocycles. The maximum Gasteiger partial charge on any atom is 0.417 e. The number of alkyl halides is 3. The topological polar surface area (TPSA) is 38.3 Å². The summed E-state index contributed by atoms with van der Waals surface area (Å²) in [5.41, 5.74) is -0.529. The number of hydrogen-bond acceptors (Lipinski definition) is 2. The fourth-order valence-corrected chi connectivity index (χ4v) is 3.24. The number of hydrogen-bond donors (Lipinski definition) is 1. The number of nitrogens with one attached hydrogen (secondary N) is 1. The van der Waals surface area contributed by atoms with E-state index in [9.17, 15) is 18.0 Å². The van der Waals surface area contributed by atoms with Gasteiger partial charge in [0, 0.05) is 14.5 Å². The molecule has 0 heterocycles. The van der Waals surface area contributed by atoms with Crippen molar-refractivity contribution < 1.29 is 22.7 Å². The Bertz CT molecular complexity index is 746. The zero-order valence-corrected chi connectivity index (χ0v) is 15.5. The molecular weight excluding hydrogens is 455 g/mol. The second-order valence-corrected chi connectivity index (χ2v) is 6.43. The van der Waals surface area contributed by atoms with Crippen LogP contribution in [0.4, 0.5) is 18.9 Å². The van der Waals surface area contributed by atoms with Crippen molar-refractivity contribution in [2.24, 2.45) is 0 Å². The number of anilines is 1. The van der Waals surface area contributed by atoms with Crippen molar-refractivity contribution in [2.75, 3.05) is 11.9 Å². The van der Waals surface area contributed by atoms with E-state index in [1.807, 2.05) is 6.92 Å². The molecule has 128 valence electrons. The lowest BCUT2D eigenvalue weighted by atomic mass is 10.1. The molecule has 0 aliphatic rings. The molecule has 1 N–H and O–H groups in total. The van der Waals surface area contributed by atoms with E-state index in [4.69, 9.17) is 4.74 Å². The molecule has 8 heteroatoms. The predicted octanol–water partition coefficient (Wildman–Crippen LogP) is 5.88. The van der Waals surface area contributed by atoms with Gasteiger partial charge in [0.2, 0.25) is 0 Å². The molecule has 0 unspecified atom stereocenters. The van der Waals surface area contributed by atoms with Crippen molar-refractivity contribution >= 4 is 43.5 Å². The van der Waals surface area contributed by atoms with Gasteiger partial charge in [0.1, 0.15) is 5.75 Å². The van der Waals surface area contributed by atoms with Crippen molar-refractivity contribution in [3.63, 3.8) is 0 Å². The van der Waals surface area contributed by atoms with Gasteiger partial charge in [-0.15, -0.1) is 0 Å². The lowest BCUT2D eigenvalue weighted by molar-refractivity contribution is -0.138. The molecule has 0 radical (unpaired) electrons. The number of rotatable bonds is 4. The third-order valence-electron chi connectivity index (χ3n) is 3.04. The summed E-state index contributed by atoms with van der Waals surface area (Å²) in [6, 6.07) is 8.44. The molecule has 0 bridgehead atoms. The van der Waals surface area contributed by atoms with Crippen LogP contribution in [0.15, 0.2) is 45.3 Å². The zero-order chi connectivity index (χ0) is 17.9. The van der Waals surface area contributed by atoms with Gasteiger partial charge in [0.15, 0.2) is 0 Å². The smallest absolute Gasteiger partial charge is 0.417 e. The average molecular weight is 467 g/mol. The molecular formula is C16H12Br2F3NO2. The van der Waals surface area contributed by atoms with Crippen LogP contribution in [0, 0.1) is 0 Å². The Hall–Kier alpha value is -1.54. The summed E-state index contributed by atoms with van der Waals surface area (Å²) in [7, 11) is 0. The van der Waals surface area contributed by atoms with Gasteiger partial charge in [-0.3, -0.25) is 4.79 Å². The molecule has 24 heavy (non-hydrogen) atoms. The van der Waals surface area contributed by atoms with Crippen molar-refractivity contribution in [3.8, 4) is 5.75 Å². The maximum absolute atomic E-state index is 13.0. The van der Waals surface area contributed by atoms with Gasteiger partial charge in [0.05, 0.1) is 17.9 Å². The fourth-order valence-electron chi connectivity index (χ4n) is 1.93. The number of carbonyl (C=O) groups excluding carboxylic acids is 1.